The van der Waals surface area contributed by atoms with Gasteiger partial charge in [0.05, 0.1) is 36.4 Å². The summed E-state index contributed by atoms with van der Waals surface area (Å²) in [6.45, 7) is -0.537. The lowest BCUT2D eigenvalue weighted by Crippen LogP contribution is -2.81. The highest BCUT2D eigenvalue weighted by atomic mass is 33.1. The van der Waals surface area contributed by atoms with Crippen LogP contribution in [0.5, 0.6) is 5.75 Å². The van der Waals surface area contributed by atoms with Gasteiger partial charge in [-0.25, -0.2) is 0 Å². The second kappa shape index (κ2) is 17.1. The van der Waals surface area contributed by atoms with Crippen LogP contribution in [0.15, 0.2) is 89.0 Å². The van der Waals surface area contributed by atoms with Crippen LogP contribution in [0.25, 0.3) is 0 Å². The molecule has 5 fully saturated rings. The van der Waals surface area contributed by atoms with Gasteiger partial charge in [-0.05, 0) is 133 Å². The fourth-order valence-corrected chi connectivity index (χ4v) is 19.3. The zero-order valence-electron chi connectivity index (χ0n) is 38.9. The maximum atomic E-state index is 16.0. The first kappa shape index (κ1) is 47.1. The lowest BCUT2D eigenvalue weighted by molar-refractivity contribution is -0.392. The molecule has 3 aliphatic heterocycles. The van der Waals surface area contributed by atoms with Crippen LogP contribution in [-0.4, -0.2) is 114 Å². The topological polar surface area (TPSA) is 235 Å². The van der Waals surface area contributed by atoms with Gasteiger partial charge in [-0.3, -0.25) is 9.59 Å². The number of hydrogen-bond acceptors (Lipinski definition) is 16. The van der Waals surface area contributed by atoms with E-state index in [1.165, 1.54) is 33.2 Å². The number of carbonyl (C=O) groups is 3. The third kappa shape index (κ3) is 6.42. The molecule has 2 aromatic carbocycles. The van der Waals surface area contributed by atoms with Gasteiger partial charge < -0.3 is 60.6 Å². The number of Topliss-reactive ketones (excluding diaryl/α,β-unsaturated/α-hetero) is 2. The standard InChI is InChI=1S/C54H62N2O12S2/c57-12-4-10-41-53-38(15-30(16-40(53)61)14-28-5-1-6-29(13-28)23-58)44(62)35-8-2-9-39(43(35)46(53)63)67-48-47(64)54(66)45-32(20-51(26-60,68-48)49(54)65)17-31-18-34-21-50(11-3-7-33(50)24-59)25-52(34,45)37-19-42(55-22-36(31)37)56-27-69-70-41/h1-2,5-6,8-9,13,15-16,19,24,31-34,38,41,45,47-49,55-58,60-61,64-66H,3-4,7,10-12,14,17-18,20-23,25-27H2. The smallest absolute Gasteiger partial charge is 0.229 e. The fraction of sp³-hybridized carbons (Fsp3) is 0.574. The van der Waals surface area contributed by atoms with Gasteiger partial charge in [0.1, 0.15) is 46.6 Å². The molecule has 372 valence electrons. The van der Waals surface area contributed by atoms with E-state index in [9.17, 15) is 40.5 Å². The second-order valence-corrected chi connectivity index (χ2v) is 24.7. The zero-order chi connectivity index (χ0) is 48.5. The quantitative estimate of drug-likeness (QED) is 0.126. The van der Waals surface area contributed by atoms with Crippen LogP contribution >= 0.6 is 21.6 Å². The highest BCUT2D eigenvalue weighted by Crippen LogP contribution is 2.77. The van der Waals surface area contributed by atoms with Crippen LogP contribution in [0.3, 0.4) is 0 Å². The number of carbonyl (C=O) groups excluding carboxylic acids is 3. The van der Waals surface area contributed by atoms with Crippen molar-refractivity contribution in [2.75, 3.05) is 25.6 Å². The summed E-state index contributed by atoms with van der Waals surface area (Å²) in [6, 6.07) is 12.0. The van der Waals surface area contributed by atoms with Crippen molar-refractivity contribution in [3.63, 3.8) is 0 Å². The molecule has 10 bridgehead atoms. The Hall–Kier alpha value is -3.97. The Kier molecular flexibility index (Phi) is 11.5. The molecule has 0 radical (unpaired) electrons. The molecule has 15 atom stereocenters. The van der Waals surface area contributed by atoms with Crippen molar-refractivity contribution in [3.05, 3.63) is 111 Å². The molecule has 0 aromatic heterocycles. The van der Waals surface area contributed by atoms with Crippen molar-refractivity contribution in [2.45, 2.75) is 112 Å². The highest BCUT2D eigenvalue weighted by Gasteiger charge is 2.78. The predicted molar refractivity (Wildman–Crippen MR) is 260 cm³/mol. The molecule has 2 aromatic rings. The van der Waals surface area contributed by atoms with Crippen LogP contribution in [0, 0.1) is 51.8 Å². The van der Waals surface area contributed by atoms with Crippen LogP contribution in [0.1, 0.15) is 96.1 Å². The predicted octanol–water partition coefficient (Wildman–Crippen LogP) is 4.97. The van der Waals surface area contributed by atoms with Crippen molar-refractivity contribution in [1.29, 1.82) is 0 Å². The molecule has 3 spiro atoms. The summed E-state index contributed by atoms with van der Waals surface area (Å²) in [4.78, 5) is 44.3. The van der Waals surface area contributed by atoms with Crippen LogP contribution in [-0.2, 0) is 22.6 Å². The van der Waals surface area contributed by atoms with Crippen molar-refractivity contribution in [2.24, 2.45) is 51.8 Å². The number of aliphatic hydroxyl groups excluding tert-OH is 6. The van der Waals surface area contributed by atoms with Gasteiger partial charge in [-0.15, -0.1) is 0 Å². The van der Waals surface area contributed by atoms with Crippen molar-refractivity contribution >= 4 is 39.4 Å². The summed E-state index contributed by atoms with van der Waals surface area (Å²) in [5.41, 5.74) is -2.74. The largest absolute Gasteiger partial charge is 0.511 e. The number of ether oxygens (including phenoxy) is 2. The number of rotatable bonds is 8. The van der Waals surface area contributed by atoms with E-state index in [2.05, 4.69) is 16.7 Å². The maximum absolute atomic E-state index is 16.0. The normalized spacial score (nSPS) is 42.2. The summed E-state index contributed by atoms with van der Waals surface area (Å²) >= 11 is 0. The number of aliphatic hydroxyl groups is 7. The first-order chi connectivity index (χ1) is 33.8. The van der Waals surface area contributed by atoms with E-state index in [-0.39, 0.29) is 84.2 Å². The van der Waals surface area contributed by atoms with Crippen molar-refractivity contribution in [3.8, 4) is 5.75 Å². The molecule has 16 heteroatoms. The van der Waals surface area contributed by atoms with Crippen LogP contribution in [0.4, 0.5) is 0 Å². The van der Waals surface area contributed by atoms with E-state index in [0.29, 0.717) is 42.8 Å². The molecule has 8 aliphatic carbocycles. The molecule has 0 amide bonds. The minimum Gasteiger partial charge on any atom is -0.511 e. The van der Waals surface area contributed by atoms with Gasteiger partial charge in [0.25, 0.3) is 0 Å². The molecule has 9 N–H and O–H groups in total. The van der Waals surface area contributed by atoms with Gasteiger partial charge in [-0.1, -0.05) is 70.5 Å². The molecule has 3 heterocycles. The third-order valence-corrected chi connectivity index (χ3v) is 21.8. The summed E-state index contributed by atoms with van der Waals surface area (Å²) in [5.74, 6) is -2.69. The Labute approximate surface area is 414 Å². The zero-order valence-corrected chi connectivity index (χ0v) is 40.6. The van der Waals surface area contributed by atoms with Gasteiger partial charge in [0.2, 0.25) is 6.29 Å². The Morgan fingerprint density at radius 3 is 2.61 bits per heavy atom. The second-order valence-electron chi connectivity index (χ2n) is 22.2. The van der Waals surface area contributed by atoms with E-state index >= 15 is 9.59 Å². The van der Waals surface area contributed by atoms with Crippen LogP contribution in [0.2, 0.25) is 0 Å². The molecule has 13 rings (SSSR count). The highest BCUT2D eigenvalue weighted by molar-refractivity contribution is 8.76. The first-order valence-corrected chi connectivity index (χ1v) is 27.5. The molecule has 14 nitrogen and oxygen atoms in total. The van der Waals surface area contributed by atoms with E-state index in [0.717, 1.165) is 55.3 Å². The van der Waals surface area contributed by atoms with Crippen molar-refractivity contribution in [1.82, 2.24) is 10.6 Å². The van der Waals surface area contributed by atoms with E-state index in [4.69, 9.17) is 9.47 Å². The number of ketones is 2. The Morgan fingerprint density at radius 2 is 1.81 bits per heavy atom. The van der Waals surface area contributed by atoms with Crippen LogP contribution < -0.4 is 15.4 Å². The lowest BCUT2D eigenvalue weighted by Gasteiger charge is -2.65. The average Bonchev–Trinajstić information content (AvgIpc) is 3.85. The van der Waals surface area contributed by atoms with E-state index in [1.54, 1.807) is 30.4 Å². The number of aldehydes is 1. The number of fused-ring (bicyclic) bond motifs is 2. The Bertz CT molecular complexity index is 2670. The first-order valence-electron chi connectivity index (χ1n) is 25.2. The van der Waals surface area contributed by atoms with Gasteiger partial charge in [-0.2, -0.15) is 0 Å². The van der Waals surface area contributed by atoms with Gasteiger partial charge in [0.15, 0.2) is 11.6 Å². The summed E-state index contributed by atoms with van der Waals surface area (Å²) in [5, 5.41) is 90.3. The summed E-state index contributed by atoms with van der Waals surface area (Å²) < 4.78 is 13.4. The average molecular weight is 995 g/mol. The molecule has 4 saturated carbocycles. The van der Waals surface area contributed by atoms with Gasteiger partial charge in [0, 0.05) is 41.2 Å². The Morgan fingerprint density at radius 1 is 0.986 bits per heavy atom. The molecular weight excluding hydrogens is 933 g/mol. The molecule has 1 saturated heterocycles. The van der Waals surface area contributed by atoms with Gasteiger partial charge >= 0.3 is 0 Å². The Balaban J connectivity index is 1.03. The van der Waals surface area contributed by atoms with E-state index < -0.39 is 75.8 Å². The number of hydrogen-bond donors (Lipinski definition) is 9. The minimum atomic E-state index is -2.33. The summed E-state index contributed by atoms with van der Waals surface area (Å²) in [6.07, 6.45) is 7.52. The maximum Gasteiger partial charge on any atom is 0.229 e. The summed E-state index contributed by atoms with van der Waals surface area (Å²) in [7, 11) is 2.81. The number of benzene rings is 2. The third-order valence-electron chi connectivity index (χ3n) is 19.1. The number of allylic oxidation sites excluding steroid dienone is 6. The minimum absolute atomic E-state index is 0.0166. The molecular formula is C54H62N2O12S2. The number of dihydropyridines is 1. The fourth-order valence-electron chi connectivity index (χ4n) is 16.5. The lowest BCUT2D eigenvalue weighted by atomic mass is 9.46. The van der Waals surface area contributed by atoms with Crippen molar-refractivity contribution < 1.29 is 59.6 Å². The number of nitrogens with one attached hydrogen (secondary N) is 2. The molecule has 70 heavy (non-hydrogen) atoms. The van der Waals surface area contributed by atoms with E-state index in [1.807, 2.05) is 18.2 Å². The molecule has 11 aliphatic rings. The monoisotopic (exact) mass is 994 g/mol. The molecule has 15 unspecified atom stereocenters. The SMILES string of the molecule is O=CC1CCCC12CC1CC3CC4CC5(CO)OC6Oc7cccc8c7C(=O)C7(C(O)=CC(Cc9cccc(CO)c9)=CC7C8=O)C(CCCO)SSCNC7=CC(=C3CN7)C1(C2)C4C(O)(C6O)C5O.